The molecule has 96 valence electrons. The van der Waals surface area contributed by atoms with Gasteiger partial charge < -0.3 is 5.32 Å². The summed E-state index contributed by atoms with van der Waals surface area (Å²) in [4.78, 5) is 4.31. The van der Waals surface area contributed by atoms with Gasteiger partial charge >= 0.3 is 0 Å². The Morgan fingerprint density at radius 2 is 1.89 bits per heavy atom. The molecule has 1 heterocycles. The number of rotatable bonds is 5. The van der Waals surface area contributed by atoms with Gasteiger partial charge in [0.15, 0.2) is 0 Å². The summed E-state index contributed by atoms with van der Waals surface area (Å²) >= 11 is 1.67. The van der Waals surface area contributed by atoms with E-state index in [0.717, 1.165) is 10.9 Å². The molecule has 2 rings (SSSR count). The minimum atomic E-state index is 0.510. The molecule has 0 aliphatic carbocycles. The SMILES string of the molecule is CC(C)CC(C)Nc1ccc(-c2nccs2)cc1. The molecule has 1 unspecified atom stereocenters. The first kappa shape index (κ1) is 13.1. The molecule has 2 nitrogen and oxygen atoms in total. The summed E-state index contributed by atoms with van der Waals surface area (Å²) in [5.74, 6) is 0.724. The maximum atomic E-state index is 4.31. The quantitative estimate of drug-likeness (QED) is 0.846. The highest BCUT2D eigenvalue weighted by Gasteiger charge is 2.05. The highest BCUT2D eigenvalue weighted by molar-refractivity contribution is 7.13. The Labute approximate surface area is 113 Å². The second kappa shape index (κ2) is 6.01. The van der Waals surface area contributed by atoms with Crippen molar-refractivity contribution in [1.82, 2.24) is 4.98 Å². The molecule has 1 N–H and O–H groups in total. The third-order valence-corrected chi connectivity index (χ3v) is 3.62. The molecule has 1 aromatic heterocycles. The minimum absolute atomic E-state index is 0.510. The predicted octanol–water partition coefficient (Wildman–Crippen LogP) is 4.66. The molecule has 0 bridgehead atoms. The van der Waals surface area contributed by atoms with Crippen LogP contribution in [-0.4, -0.2) is 11.0 Å². The van der Waals surface area contributed by atoms with Gasteiger partial charge in [-0.1, -0.05) is 13.8 Å². The van der Waals surface area contributed by atoms with E-state index in [4.69, 9.17) is 0 Å². The van der Waals surface area contributed by atoms with E-state index < -0.39 is 0 Å². The zero-order valence-corrected chi connectivity index (χ0v) is 12.0. The second-order valence-electron chi connectivity index (χ2n) is 5.09. The predicted molar refractivity (Wildman–Crippen MR) is 80.1 cm³/mol. The number of aromatic nitrogens is 1. The molecule has 0 aliphatic rings. The van der Waals surface area contributed by atoms with Crippen LogP contribution in [0, 0.1) is 5.92 Å². The number of benzene rings is 1. The standard InChI is InChI=1S/C15H20N2S/c1-11(2)10-12(3)17-14-6-4-13(5-7-14)15-16-8-9-18-15/h4-9,11-12,17H,10H2,1-3H3. The van der Waals surface area contributed by atoms with Crippen LogP contribution in [0.25, 0.3) is 10.6 Å². The minimum Gasteiger partial charge on any atom is -0.383 e. The van der Waals surface area contributed by atoms with Gasteiger partial charge in [-0.25, -0.2) is 4.98 Å². The molecule has 0 radical (unpaired) electrons. The Hall–Kier alpha value is -1.35. The maximum absolute atomic E-state index is 4.31. The van der Waals surface area contributed by atoms with Crippen molar-refractivity contribution in [2.24, 2.45) is 5.92 Å². The van der Waals surface area contributed by atoms with E-state index in [9.17, 15) is 0 Å². The Kier molecular flexibility index (Phi) is 4.37. The maximum Gasteiger partial charge on any atom is 0.123 e. The van der Waals surface area contributed by atoms with E-state index >= 15 is 0 Å². The zero-order chi connectivity index (χ0) is 13.0. The molecule has 0 fully saturated rings. The molecule has 2 aromatic rings. The van der Waals surface area contributed by atoms with Crippen LogP contribution in [0.4, 0.5) is 5.69 Å². The lowest BCUT2D eigenvalue weighted by Gasteiger charge is -2.17. The normalized spacial score (nSPS) is 12.7. The largest absolute Gasteiger partial charge is 0.383 e. The van der Waals surface area contributed by atoms with E-state index in [1.54, 1.807) is 11.3 Å². The van der Waals surface area contributed by atoms with Crippen LogP contribution in [0.15, 0.2) is 35.8 Å². The summed E-state index contributed by atoms with van der Waals surface area (Å²) < 4.78 is 0. The van der Waals surface area contributed by atoms with Crippen molar-refractivity contribution in [3.63, 3.8) is 0 Å². The first-order chi connectivity index (χ1) is 8.65. The molecular weight excluding hydrogens is 240 g/mol. The van der Waals surface area contributed by atoms with E-state index in [2.05, 4.69) is 55.3 Å². The lowest BCUT2D eigenvalue weighted by Crippen LogP contribution is -2.17. The van der Waals surface area contributed by atoms with Crippen LogP contribution in [-0.2, 0) is 0 Å². The lowest BCUT2D eigenvalue weighted by molar-refractivity contribution is 0.540. The fraction of sp³-hybridized carbons (Fsp3) is 0.400. The summed E-state index contributed by atoms with van der Waals surface area (Å²) in [5.41, 5.74) is 2.37. The van der Waals surface area contributed by atoms with E-state index in [0.29, 0.717) is 6.04 Å². The second-order valence-corrected chi connectivity index (χ2v) is 5.98. The number of nitrogens with one attached hydrogen (secondary N) is 1. The number of nitrogens with zero attached hydrogens (tertiary/aromatic N) is 1. The fourth-order valence-electron chi connectivity index (χ4n) is 2.13. The van der Waals surface area contributed by atoms with Gasteiger partial charge in [-0.15, -0.1) is 11.3 Å². The average Bonchev–Trinajstić information content (AvgIpc) is 2.82. The van der Waals surface area contributed by atoms with Crippen LogP contribution in [0.1, 0.15) is 27.2 Å². The van der Waals surface area contributed by atoms with Gasteiger partial charge in [0.1, 0.15) is 5.01 Å². The van der Waals surface area contributed by atoms with Crippen molar-refractivity contribution in [2.75, 3.05) is 5.32 Å². The third kappa shape index (κ3) is 3.57. The van der Waals surface area contributed by atoms with Crippen molar-refractivity contribution in [2.45, 2.75) is 33.2 Å². The highest BCUT2D eigenvalue weighted by Crippen LogP contribution is 2.23. The number of thiazole rings is 1. The number of hydrogen-bond acceptors (Lipinski definition) is 3. The molecule has 0 amide bonds. The van der Waals surface area contributed by atoms with Gasteiger partial charge in [0.2, 0.25) is 0 Å². The molecule has 1 atom stereocenters. The Balaban J connectivity index is 2.00. The van der Waals surface area contributed by atoms with Gasteiger partial charge in [-0.3, -0.25) is 0 Å². The van der Waals surface area contributed by atoms with Crippen LogP contribution in [0.3, 0.4) is 0 Å². The van der Waals surface area contributed by atoms with Gasteiger partial charge in [-0.2, -0.15) is 0 Å². The molecule has 0 aliphatic heterocycles. The summed E-state index contributed by atoms with van der Waals surface area (Å²) in [5, 5.41) is 6.62. The number of hydrogen-bond donors (Lipinski definition) is 1. The summed E-state index contributed by atoms with van der Waals surface area (Å²) in [6.45, 7) is 6.74. The van der Waals surface area contributed by atoms with Crippen LogP contribution in [0.5, 0.6) is 0 Å². The molecule has 1 aromatic carbocycles. The zero-order valence-electron chi connectivity index (χ0n) is 11.2. The van der Waals surface area contributed by atoms with Gasteiger partial charge in [0.05, 0.1) is 0 Å². The Morgan fingerprint density at radius 3 is 2.44 bits per heavy atom. The third-order valence-electron chi connectivity index (χ3n) is 2.80. The average molecular weight is 260 g/mol. The first-order valence-corrected chi connectivity index (χ1v) is 7.29. The first-order valence-electron chi connectivity index (χ1n) is 6.41. The topological polar surface area (TPSA) is 24.9 Å². The number of anilines is 1. The summed E-state index contributed by atoms with van der Waals surface area (Å²) in [6, 6.07) is 9.03. The molecule has 18 heavy (non-hydrogen) atoms. The van der Waals surface area contributed by atoms with Gasteiger partial charge in [-0.05, 0) is 43.5 Å². The summed E-state index contributed by atoms with van der Waals surface area (Å²) in [6.07, 6.45) is 3.03. The van der Waals surface area contributed by atoms with Crippen molar-refractivity contribution in [3.05, 3.63) is 35.8 Å². The lowest BCUT2D eigenvalue weighted by atomic mass is 10.0. The van der Waals surface area contributed by atoms with Crippen LogP contribution in [0.2, 0.25) is 0 Å². The smallest absolute Gasteiger partial charge is 0.123 e. The molecule has 0 spiro atoms. The van der Waals surface area contributed by atoms with Crippen LogP contribution < -0.4 is 5.32 Å². The van der Waals surface area contributed by atoms with Crippen molar-refractivity contribution >= 4 is 17.0 Å². The Bertz CT molecular complexity index is 460. The van der Waals surface area contributed by atoms with Crippen molar-refractivity contribution in [3.8, 4) is 10.6 Å². The summed E-state index contributed by atoms with van der Waals surface area (Å²) in [7, 11) is 0. The fourth-order valence-corrected chi connectivity index (χ4v) is 2.77. The van der Waals surface area contributed by atoms with Gasteiger partial charge in [0, 0.05) is 28.9 Å². The van der Waals surface area contributed by atoms with Crippen molar-refractivity contribution < 1.29 is 0 Å². The monoisotopic (exact) mass is 260 g/mol. The molecular formula is C15H20N2S. The molecule has 0 saturated carbocycles. The highest BCUT2D eigenvalue weighted by atomic mass is 32.1. The van der Waals surface area contributed by atoms with Crippen LogP contribution >= 0.6 is 11.3 Å². The van der Waals surface area contributed by atoms with Crippen molar-refractivity contribution in [1.29, 1.82) is 0 Å². The van der Waals surface area contributed by atoms with E-state index in [1.165, 1.54) is 17.7 Å². The Morgan fingerprint density at radius 1 is 1.17 bits per heavy atom. The van der Waals surface area contributed by atoms with Gasteiger partial charge in [0.25, 0.3) is 0 Å². The molecule has 0 saturated heterocycles. The van der Waals surface area contributed by atoms with E-state index in [1.807, 2.05) is 11.6 Å². The molecule has 3 heteroatoms. The van der Waals surface area contributed by atoms with E-state index in [-0.39, 0.29) is 0 Å².